The molecule has 1 amide bonds. The molecule has 8 nitrogen and oxygen atoms in total. The predicted molar refractivity (Wildman–Crippen MR) is 74.3 cm³/mol. The summed E-state index contributed by atoms with van der Waals surface area (Å²) >= 11 is 0. The van der Waals surface area contributed by atoms with E-state index >= 15 is 0 Å². The number of carbonyl (C=O) groups is 1. The highest BCUT2D eigenvalue weighted by Crippen LogP contribution is 2.19. The molecule has 0 atom stereocenters. The molecule has 2 rings (SSSR count). The molecule has 0 radical (unpaired) electrons. The SMILES string of the molecule is O=C(NCCn1cc([N+](=O)[O-])cn1)c1ccccc1OC(F)F. The number of hydrogen-bond acceptors (Lipinski definition) is 5. The fourth-order valence-electron chi connectivity index (χ4n) is 1.80. The molecule has 0 saturated carbocycles. The lowest BCUT2D eigenvalue weighted by atomic mass is 10.2. The maximum atomic E-state index is 12.3. The molecule has 23 heavy (non-hydrogen) atoms. The minimum atomic E-state index is -3.03. The van der Waals surface area contributed by atoms with E-state index in [-0.39, 0.29) is 30.1 Å². The lowest BCUT2D eigenvalue weighted by Gasteiger charge is -2.10. The number of amides is 1. The molecule has 0 fully saturated rings. The average molecular weight is 326 g/mol. The van der Waals surface area contributed by atoms with Crippen molar-refractivity contribution in [1.82, 2.24) is 15.1 Å². The predicted octanol–water partition coefficient (Wildman–Crippen LogP) is 1.82. The number of nitrogens with one attached hydrogen (secondary N) is 1. The second-order valence-corrected chi connectivity index (χ2v) is 4.35. The number of para-hydroxylation sites is 1. The number of carbonyl (C=O) groups excluding carboxylic acids is 1. The van der Waals surface area contributed by atoms with Crippen LogP contribution in [0.2, 0.25) is 0 Å². The first-order valence-electron chi connectivity index (χ1n) is 6.46. The van der Waals surface area contributed by atoms with Crippen LogP contribution in [0.4, 0.5) is 14.5 Å². The Morgan fingerprint density at radius 2 is 2.17 bits per heavy atom. The molecule has 0 aliphatic heterocycles. The first-order chi connectivity index (χ1) is 11.0. The molecule has 0 bridgehead atoms. The van der Waals surface area contributed by atoms with Gasteiger partial charge in [-0.3, -0.25) is 19.6 Å². The number of ether oxygens (including phenoxy) is 1. The summed E-state index contributed by atoms with van der Waals surface area (Å²) in [6, 6.07) is 5.60. The lowest BCUT2D eigenvalue weighted by Crippen LogP contribution is -2.28. The van der Waals surface area contributed by atoms with E-state index in [0.717, 1.165) is 6.20 Å². The van der Waals surface area contributed by atoms with Gasteiger partial charge in [0.15, 0.2) is 0 Å². The van der Waals surface area contributed by atoms with Gasteiger partial charge in [0.25, 0.3) is 5.91 Å². The summed E-state index contributed by atoms with van der Waals surface area (Å²) in [6.07, 6.45) is 2.31. The van der Waals surface area contributed by atoms with Crippen LogP contribution in [-0.4, -0.2) is 33.8 Å². The number of alkyl halides is 2. The van der Waals surface area contributed by atoms with Crippen LogP contribution in [-0.2, 0) is 6.54 Å². The van der Waals surface area contributed by atoms with Crippen molar-refractivity contribution in [3.63, 3.8) is 0 Å². The van der Waals surface area contributed by atoms with Crippen LogP contribution in [0.15, 0.2) is 36.7 Å². The highest BCUT2D eigenvalue weighted by Gasteiger charge is 2.15. The van der Waals surface area contributed by atoms with Crippen LogP contribution >= 0.6 is 0 Å². The molecule has 0 saturated heterocycles. The van der Waals surface area contributed by atoms with Gasteiger partial charge in [0.05, 0.1) is 17.0 Å². The van der Waals surface area contributed by atoms with E-state index in [9.17, 15) is 23.7 Å². The number of benzene rings is 1. The van der Waals surface area contributed by atoms with Gasteiger partial charge in [0.2, 0.25) is 0 Å². The van der Waals surface area contributed by atoms with E-state index in [1.54, 1.807) is 0 Å². The summed E-state index contributed by atoms with van der Waals surface area (Å²) in [7, 11) is 0. The topological polar surface area (TPSA) is 99.3 Å². The van der Waals surface area contributed by atoms with Crippen molar-refractivity contribution < 1.29 is 23.2 Å². The van der Waals surface area contributed by atoms with Crippen molar-refractivity contribution in [2.45, 2.75) is 13.2 Å². The monoisotopic (exact) mass is 326 g/mol. The normalized spacial score (nSPS) is 10.6. The van der Waals surface area contributed by atoms with Gasteiger partial charge < -0.3 is 10.1 Å². The molecule has 0 spiro atoms. The molecule has 1 aromatic carbocycles. The molecule has 1 N–H and O–H groups in total. The third-order valence-corrected chi connectivity index (χ3v) is 2.80. The number of aromatic nitrogens is 2. The summed E-state index contributed by atoms with van der Waals surface area (Å²) in [5.74, 6) is -0.822. The van der Waals surface area contributed by atoms with Crippen LogP contribution in [0.25, 0.3) is 0 Å². The van der Waals surface area contributed by atoms with E-state index in [1.807, 2.05) is 0 Å². The standard InChI is InChI=1S/C13H12F2N4O4/c14-13(15)23-11-4-2-1-3-10(11)12(20)16-5-6-18-8-9(7-17-18)19(21)22/h1-4,7-8,13H,5-6H2,(H,16,20). The Hall–Kier alpha value is -3.04. The molecular formula is C13H12F2N4O4. The molecule has 1 aromatic heterocycles. The maximum absolute atomic E-state index is 12.3. The summed E-state index contributed by atoms with van der Waals surface area (Å²) in [5.41, 5.74) is -0.189. The van der Waals surface area contributed by atoms with Crippen LogP contribution in [0.5, 0.6) is 5.75 Å². The summed E-state index contributed by atoms with van der Waals surface area (Å²) in [4.78, 5) is 21.9. The number of hydrogen-bond donors (Lipinski definition) is 1. The van der Waals surface area contributed by atoms with Crippen LogP contribution in [0.3, 0.4) is 0 Å². The van der Waals surface area contributed by atoms with Crippen molar-refractivity contribution in [3.8, 4) is 5.75 Å². The van der Waals surface area contributed by atoms with Crippen LogP contribution in [0, 0.1) is 10.1 Å². The van der Waals surface area contributed by atoms with Gasteiger partial charge in [0, 0.05) is 6.54 Å². The zero-order valence-corrected chi connectivity index (χ0v) is 11.7. The molecule has 122 valence electrons. The number of halogens is 2. The van der Waals surface area contributed by atoms with Crippen molar-refractivity contribution in [2.75, 3.05) is 6.54 Å². The fourth-order valence-corrected chi connectivity index (χ4v) is 1.80. The molecule has 0 aliphatic rings. The summed E-state index contributed by atoms with van der Waals surface area (Å²) in [5, 5.41) is 16.8. The Bertz CT molecular complexity index is 705. The van der Waals surface area contributed by atoms with Gasteiger partial charge >= 0.3 is 12.3 Å². The third kappa shape index (κ3) is 4.46. The smallest absolute Gasteiger partial charge is 0.387 e. The van der Waals surface area contributed by atoms with Crippen molar-refractivity contribution in [3.05, 3.63) is 52.3 Å². The van der Waals surface area contributed by atoms with Crippen LogP contribution in [0.1, 0.15) is 10.4 Å². The number of nitrogens with zero attached hydrogens (tertiary/aromatic N) is 3. The van der Waals surface area contributed by atoms with E-state index in [1.165, 1.54) is 35.1 Å². The third-order valence-electron chi connectivity index (χ3n) is 2.80. The quantitative estimate of drug-likeness (QED) is 0.618. The van der Waals surface area contributed by atoms with E-state index in [4.69, 9.17) is 0 Å². The molecular weight excluding hydrogens is 314 g/mol. The zero-order chi connectivity index (χ0) is 16.8. The van der Waals surface area contributed by atoms with Crippen molar-refractivity contribution in [1.29, 1.82) is 0 Å². The molecule has 0 unspecified atom stereocenters. The van der Waals surface area contributed by atoms with E-state index in [2.05, 4.69) is 15.2 Å². The van der Waals surface area contributed by atoms with Gasteiger partial charge in [-0.05, 0) is 12.1 Å². The van der Waals surface area contributed by atoms with Crippen LogP contribution < -0.4 is 10.1 Å². The Kier molecular flexibility index (Phi) is 5.18. The Morgan fingerprint density at radius 3 is 2.83 bits per heavy atom. The van der Waals surface area contributed by atoms with Crippen molar-refractivity contribution in [2.24, 2.45) is 0 Å². The van der Waals surface area contributed by atoms with Gasteiger partial charge in [0.1, 0.15) is 18.1 Å². The van der Waals surface area contributed by atoms with Gasteiger partial charge in [-0.25, -0.2) is 0 Å². The first-order valence-corrected chi connectivity index (χ1v) is 6.46. The summed E-state index contributed by atoms with van der Waals surface area (Å²) < 4.78 is 30.1. The second kappa shape index (κ2) is 7.29. The first kappa shape index (κ1) is 16.3. The Morgan fingerprint density at radius 1 is 1.43 bits per heavy atom. The highest BCUT2D eigenvalue weighted by molar-refractivity contribution is 5.96. The van der Waals surface area contributed by atoms with Gasteiger partial charge in [-0.1, -0.05) is 12.1 Å². The van der Waals surface area contributed by atoms with E-state index in [0.29, 0.717) is 0 Å². The number of nitro groups is 1. The molecule has 10 heteroatoms. The lowest BCUT2D eigenvalue weighted by molar-refractivity contribution is -0.385. The second-order valence-electron chi connectivity index (χ2n) is 4.35. The molecule has 0 aliphatic carbocycles. The zero-order valence-electron chi connectivity index (χ0n) is 11.7. The molecule has 2 aromatic rings. The number of rotatable bonds is 7. The Labute approximate surface area is 128 Å². The molecule has 1 heterocycles. The van der Waals surface area contributed by atoms with Gasteiger partial charge in [-0.15, -0.1) is 0 Å². The largest absolute Gasteiger partial charge is 0.434 e. The van der Waals surface area contributed by atoms with Crippen molar-refractivity contribution >= 4 is 11.6 Å². The van der Waals surface area contributed by atoms with Gasteiger partial charge in [-0.2, -0.15) is 13.9 Å². The minimum absolute atomic E-state index is 0.0285. The maximum Gasteiger partial charge on any atom is 0.387 e. The Balaban J connectivity index is 1.93. The average Bonchev–Trinajstić information content (AvgIpc) is 2.96. The van der Waals surface area contributed by atoms with E-state index < -0.39 is 17.4 Å². The highest BCUT2D eigenvalue weighted by atomic mass is 19.3. The fraction of sp³-hybridized carbons (Fsp3) is 0.231. The summed E-state index contributed by atoms with van der Waals surface area (Å²) in [6.45, 7) is -2.73. The minimum Gasteiger partial charge on any atom is -0.434 e.